The molecule has 1 nitrogen and oxygen atoms in total. The molecule has 0 aliphatic carbocycles. The van der Waals surface area contributed by atoms with Crippen molar-refractivity contribution < 1.29 is 36.0 Å². The van der Waals surface area contributed by atoms with Gasteiger partial charge in [-0.3, -0.25) is 0 Å². The third kappa shape index (κ3) is 7.15. The van der Waals surface area contributed by atoms with E-state index in [0.29, 0.717) is 0 Å². The summed E-state index contributed by atoms with van der Waals surface area (Å²) in [5.41, 5.74) is 0. The van der Waals surface area contributed by atoms with E-state index in [-0.39, 0.29) is 0 Å². The topological polar surface area (TPSA) is 9.23 Å². The van der Waals surface area contributed by atoms with Crippen LogP contribution in [0.2, 0.25) is 0 Å². The fourth-order valence-corrected chi connectivity index (χ4v) is 1.14. The van der Waals surface area contributed by atoms with E-state index < -0.39 is 0 Å². The molecule has 0 aromatic heterocycles. The SMILES string of the molecule is CCCCCC[O][La]. The average molecular weight is 240 g/mol. The van der Waals surface area contributed by atoms with Crippen LogP contribution in [0.25, 0.3) is 0 Å². The van der Waals surface area contributed by atoms with Crippen LogP contribution in [0.3, 0.4) is 0 Å². The third-order valence-corrected chi connectivity index (χ3v) is 1.86. The summed E-state index contributed by atoms with van der Waals surface area (Å²) in [6.07, 6.45) is 5.31. The Kier molecular flexibility index (Phi) is 9.33. The van der Waals surface area contributed by atoms with Crippen molar-refractivity contribution in [1.29, 1.82) is 0 Å². The quantitative estimate of drug-likeness (QED) is 0.668. The van der Waals surface area contributed by atoms with E-state index in [2.05, 4.69) is 6.92 Å². The Labute approximate surface area is 74.7 Å². The van der Waals surface area contributed by atoms with Crippen LogP contribution < -0.4 is 0 Å². The van der Waals surface area contributed by atoms with E-state index >= 15 is 0 Å². The minimum atomic E-state index is 0.738. The summed E-state index contributed by atoms with van der Waals surface area (Å²) in [6.45, 7) is 3.23. The van der Waals surface area contributed by atoms with E-state index in [1.165, 1.54) is 25.7 Å². The van der Waals surface area contributed by atoms with Gasteiger partial charge in [-0.05, 0) is 0 Å². The molecule has 46 valence electrons. The van der Waals surface area contributed by atoms with Gasteiger partial charge in [-0.15, -0.1) is 0 Å². The van der Waals surface area contributed by atoms with Crippen molar-refractivity contribution in [2.45, 2.75) is 32.6 Å². The predicted molar refractivity (Wildman–Crippen MR) is 30.1 cm³/mol. The molecule has 0 heterocycles. The first kappa shape index (κ1) is 9.15. The second kappa shape index (κ2) is 8.15. The van der Waals surface area contributed by atoms with Crippen LogP contribution in [0.1, 0.15) is 32.6 Å². The summed E-state index contributed by atoms with van der Waals surface area (Å²) < 4.78 is 5.06. The molecule has 0 amide bonds. The second-order valence-electron chi connectivity index (χ2n) is 1.93. The molecule has 0 aromatic carbocycles. The molecule has 0 fully saturated rings. The summed E-state index contributed by atoms with van der Waals surface area (Å²) in [7, 11) is 0. The molecule has 0 N–H and O–H groups in total. The zero-order chi connectivity index (χ0) is 6.24. The van der Waals surface area contributed by atoms with Crippen molar-refractivity contribution in [2.24, 2.45) is 0 Å². The van der Waals surface area contributed by atoms with Gasteiger partial charge in [0, 0.05) is 0 Å². The van der Waals surface area contributed by atoms with Gasteiger partial charge in [0.25, 0.3) is 0 Å². The maximum absolute atomic E-state index is 5.06. The van der Waals surface area contributed by atoms with Crippen LogP contribution in [-0.4, -0.2) is 6.61 Å². The summed E-state index contributed by atoms with van der Waals surface area (Å²) in [5.74, 6) is 0. The molecule has 0 spiro atoms. The van der Waals surface area contributed by atoms with Crippen molar-refractivity contribution in [2.75, 3.05) is 6.61 Å². The van der Waals surface area contributed by atoms with Crippen molar-refractivity contribution in [3.63, 3.8) is 0 Å². The predicted octanol–water partition coefficient (Wildman–Crippen LogP) is 2.05. The van der Waals surface area contributed by atoms with Gasteiger partial charge in [0.1, 0.15) is 0 Å². The monoisotopic (exact) mass is 240 g/mol. The van der Waals surface area contributed by atoms with Gasteiger partial charge in [-0.1, -0.05) is 0 Å². The molecule has 0 saturated carbocycles. The molecule has 0 aliphatic rings. The zero-order valence-corrected chi connectivity index (χ0v) is 9.15. The Balaban J connectivity index is 2.53. The molecule has 0 bridgehead atoms. The van der Waals surface area contributed by atoms with Gasteiger partial charge in [-0.25, -0.2) is 0 Å². The van der Waals surface area contributed by atoms with Crippen LogP contribution >= 0.6 is 0 Å². The summed E-state index contributed by atoms with van der Waals surface area (Å²) >= 11 is 0.738. The molecule has 8 heavy (non-hydrogen) atoms. The number of rotatable bonds is 5. The molecular weight excluding hydrogens is 227 g/mol. The molecule has 0 radical (unpaired) electrons. The van der Waals surface area contributed by atoms with Crippen molar-refractivity contribution in [3.8, 4) is 0 Å². The van der Waals surface area contributed by atoms with Gasteiger partial charge in [0.05, 0.1) is 0 Å². The molecule has 0 unspecified atom stereocenters. The Bertz CT molecular complexity index is 33.5. The number of hydrogen-bond donors (Lipinski definition) is 0. The van der Waals surface area contributed by atoms with Crippen LogP contribution in [0.4, 0.5) is 0 Å². The van der Waals surface area contributed by atoms with Crippen LogP contribution in [0, 0.1) is 34.3 Å². The van der Waals surface area contributed by atoms with E-state index in [0.717, 1.165) is 40.9 Å². The summed E-state index contributed by atoms with van der Waals surface area (Å²) in [6, 6.07) is 0. The standard InChI is InChI=1S/C6H13O.La/c1-2-3-4-5-6-7;/h2-6H2,1H3;/q-1;+1. The average Bonchev–Trinajstić information content (AvgIpc) is 1.81. The number of hydrogen-bond acceptors (Lipinski definition) is 1. The fourth-order valence-electron chi connectivity index (χ4n) is 0.612. The van der Waals surface area contributed by atoms with Crippen molar-refractivity contribution >= 4 is 0 Å². The van der Waals surface area contributed by atoms with Crippen molar-refractivity contribution in [3.05, 3.63) is 0 Å². The Morgan fingerprint density at radius 3 is 2.50 bits per heavy atom. The molecule has 0 aliphatic heterocycles. The van der Waals surface area contributed by atoms with Gasteiger partial charge in [0.2, 0.25) is 0 Å². The molecule has 0 saturated heterocycles. The normalized spacial score (nSPS) is 9.50. The maximum atomic E-state index is 5.06. The second-order valence-corrected chi connectivity index (χ2v) is 2.98. The molecule has 0 aromatic rings. The zero-order valence-electron chi connectivity index (χ0n) is 5.52. The molecule has 2 heteroatoms. The Hall–Kier alpha value is 1.15. The van der Waals surface area contributed by atoms with E-state index in [9.17, 15) is 0 Å². The van der Waals surface area contributed by atoms with E-state index in [1.807, 2.05) is 0 Å². The van der Waals surface area contributed by atoms with Crippen LogP contribution in [0.5, 0.6) is 0 Å². The number of unbranched alkanes of at least 4 members (excludes halogenated alkanes) is 3. The van der Waals surface area contributed by atoms with Gasteiger partial charge >= 0.3 is 75.2 Å². The minimum absolute atomic E-state index is 0.738. The Morgan fingerprint density at radius 1 is 1.25 bits per heavy atom. The van der Waals surface area contributed by atoms with Gasteiger partial charge in [-0.2, -0.15) is 0 Å². The molecule has 0 atom stereocenters. The Morgan fingerprint density at radius 2 is 2.00 bits per heavy atom. The third-order valence-electron chi connectivity index (χ3n) is 1.12. The molecular formula is C6H13LaO. The first-order chi connectivity index (χ1) is 3.91. The van der Waals surface area contributed by atoms with E-state index in [1.54, 1.807) is 0 Å². The van der Waals surface area contributed by atoms with Crippen LogP contribution in [-0.2, 0) is 1.70 Å². The first-order valence-electron chi connectivity index (χ1n) is 3.23. The fraction of sp³-hybridized carbons (Fsp3) is 1.00. The first-order valence-corrected chi connectivity index (χ1v) is 4.71. The van der Waals surface area contributed by atoms with Crippen molar-refractivity contribution in [1.82, 2.24) is 0 Å². The molecule has 0 rings (SSSR count). The van der Waals surface area contributed by atoms with Gasteiger partial charge in [0.15, 0.2) is 0 Å². The summed E-state index contributed by atoms with van der Waals surface area (Å²) in [4.78, 5) is 0. The van der Waals surface area contributed by atoms with E-state index in [4.69, 9.17) is 1.70 Å². The van der Waals surface area contributed by atoms with Crippen LogP contribution in [0.15, 0.2) is 0 Å². The van der Waals surface area contributed by atoms with Gasteiger partial charge < -0.3 is 0 Å². The summed E-state index contributed by atoms with van der Waals surface area (Å²) in [5, 5.41) is 0.